The van der Waals surface area contributed by atoms with Crippen molar-refractivity contribution in [2.75, 3.05) is 26.4 Å². The molecule has 0 aromatic heterocycles. The number of unbranched alkanes of at least 4 members (excludes halogenated alkanes) is 21. The summed E-state index contributed by atoms with van der Waals surface area (Å²) >= 11 is 0. The van der Waals surface area contributed by atoms with Gasteiger partial charge in [0.2, 0.25) is 0 Å². The third-order valence-electron chi connectivity index (χ3n) is 12.4. The summed E-state index contributed by atoms with van der Waals surface area (Å²) in [6, 6.07) is 0. The number of ether oxygens (including phenoxy) is 6. The Hall–Kier alpha value is -2.54. The van der Waals surface area contributed by atoms with Crippen LogP contribution in [0, 0.1) is 0 Å². The van der Waals surface area contributed by atoms with Gasteiger partial charge in [-0.2, -0.15) is 0 Å². The van der Waals surface area contributed by atoms with Gasteiger partial charge in [-0.25, -0.2) is 4.79 Å². The summed E-state index contributed by atoms with van der Waals surface area (Å²) < 4.78 is 33.3. The van der Waals surface area contributed by atoms with Crippen LogP contribution >= 0.6 is 0 Å². The normalized spacial score (nSPS) is 26.1. The molecule has 4 unspecified atom stereocenters. The van der Waals surface area contributed by atoms with Crippen molar-refractivity contribution in [3.63, 3.8) is 0 Å². The van der Waals surface area contributed by atoms with E-state index in [0.29, 0.717) is 12.8 Å². The van der Waals surface area contributed by atoms with E-state index < -0.39 is 99.3 Å². The first kappa shape index (κ1) is 61.6. The van der Waals surface area contributed by atoms with Crippen LogP contribution in [0.4, 0.5) is 0 Å². The average Bonchev–Trinajstić information content (AvgIpc) is 3.33. The van der Waals surface area contributed by atoms with E-state index in [0.717, 1.165) is 32.1 Å². The average molecular weight is 969 g/mol. The molecule has 0 aliphatic carbocycles. The molecular weight excluding hydrogens is 877 g/mol. The van der Waals surface area contributed by atoms with Gasteiger partial charge in [-0.15, -0.1) is 0 Å². The van der Waals surface area contributed by atoms with Gasteiger partial charge in [-0.1, -0.05) is 172 Å². The van der Waals surface area contributed by atoms with E-state index in [1.54, 1.807) is 12.2 Å². The smallest absolute Gasteiger partial charge is 0.331 e. The predicted octanol–water partition coefficient (Wildman–Crippen LogP) is 7.49. The van der Waals surface area contributed by atoms with Crippen molar-refractivity contribution in [2.24, 2.45) is 0 Å². The van der Waals surface area contributed by atoms with Gasteiger partial charge in [0.05, 0.1) is 19.8 Å². The molecule has 2 saturated heterocycles. The van der Waals surface area contributed by atoms with Gasteiger partial charge < -0.3 is 64.2 Å². The van der Waals surface area contributed by atoms with Crippen molar-refractivity contribution >= 4 is 11.9 Å². The van der Waals surface area contributed by atoms with E-state index in [1.165, 1.54) is 122 Å². The summed E-state index contributed by atoms with van der Waals surface area (Å²) in [6.45, 7) is 2.43. The molecular formula is C53H92O15. The molecule has 0 aromatic rings. The second kappa shape index (κ2) is 40.1. The predicted molar refractivity (Wildman–Crippen MR) is 261 cm³/mol. The molecule has 0 aromatic carbocycles. The van der Waals surface area contributed by atoms with Crippen LogP contribution in [0.1, 0.15) is 181 Å². The lowest BCUT2D eigenvalue weighted by atomic mass is 9.98. The molecule has 0 saturated carbocycles. The Bertz CT molecular complexity index is 1370. The molecule has 0 amide bonds. The Morgan fingerprint density at radius 3 is 1.53 bits per heavy atom. The molecule has 2 aliphatic heterocycles. The van der Waals surface area contributed by atoms with Crippen LogP contribution in [0.15, 0.2) is 48.6 Å². The maximum atomic E-state index is 12.9. The third kappa shape index (κ3) is 27.7. The van der Waals surface area contributed by atoms with Crippen LogP contribution < -0.4 is 0 Å². The van der Waals surface area contributed by atoms with Crippen molar-refractivity contribution in [1.82, 2.24) is 0 Å². The molecule has 2 rings (SSSR count). The number of rotatable bonds is 40. The molecule has 0 radical (unpaired) electrons. The Morgan fingerprint density at radius 2 is 0.985 bits per heavy atom. The molecule has 2 aliphatic rings. The number of hydrogen-bond donors (Lipinski definition) is 7. The Morgan fingerprint density at radius 1 is 0.515 bits per heavy atom. The van der Waals surface area contributed by atoms with Crippen LogP contribution in [0.5, 0.6) is 0 Å². The lowest BCUT2D eigenvalue weighted by molar-refractivity contribution is -0.332. The summed E-state index contributed by atoms with van der Waals surface area (Å²) in [5.74, 6) is -1.23. The molecule has 394 valence electrons. The van der Waals surface area contributed by atoms with Crippen LogP contribution in [0.2, 0.25) is 0 Å². The first-order chi connectivity index (χ1) is 33.0. The summed E-state index contributed by atoms with van der Waals surface area (Å²) in [6.07, 6.45) is 27.8. The van der Waals surface area contributed by atoms with E-state index in [9.17, 15) is 45.3 Å². The zero-order chi connectivity index (χ0) is 49.6. The van der Waals surface area contributed by atoms with Gasteiger partial charge in [0, 0.05) is 12.5 Å². The van der Waals surface area contributed by atoms with Crippen molar-refractivity contribution in [1.29, 1.82) is 0 Å². The fourth-order valence-electron chi connectivity index (χ4n) is 8.05. The molecule has 0 spiro atoms. The summed E-state index contributed by atoms with van der Waals surface area (Å²) in [4.78, 5) is 25.6. The molecule has 11 atom stereocenters. The lowest BCUT2D eigenvalue weighted by Crippen LogP contribution is -2.61. The first-order valence-corrected chi connectivity index (χ1v) is 26.3. The topological polar surface area (TPSA) is 231 Å². The van der Waals surface area contributed by atoms with Gasteiger partial charge in [0.1, 0.15) is 55.4 Å². The number of carbonyl (C=O) groups excluding carboxylic acids is 2. The SMILES string of the molecule is CCCCCCCCCCC/C=C/C/C=C/CCCC(=O)OC[C@@H](CO[C@@H]1O[C@H](CO[C@@H]2O[C@H](CO)[C@H](O)C(O)C2O)[C@H](O)C(O)C1O)OC(=O)/C=C/C=C/CCCCCCCCCCCCC. The third-order valence-corrected chi connectivity index (χ3v) is 12.4. The molecule has 7 N–H and O–H groups in total. The fraction of sp³-hybridized carbons (Fsp3) is 0.811. The molecule has 15 heteroatoms. The molecule has 2 heterocycles. The second-order valence-corrected chi connectivity index (χ2v) is 18.4. The number of esters is 2. The molecule has 68 heavy (non-hydrogen) atoms. The minimum atomic E-state index is -1.79. The lowest BCUT2D eigenvalue weighted by Gasteiger charge is -2.42. The minimum absolute atomic E-state index is 0.134. The Labute approximate surface area is 408 Å². The largest absolute Gasteiger partial charge is 0.462 e. The second-order valence-electron chi connectivity index (χ2n) is 18.4. The highest BCUT2D eigenvalue weighted by atomic mass is 16.7. The number of hydrogen-bond acceptors (Lipinski definition) is 15. The molecule has 15 nitrogen and oxygen atoms in total. The van der Waals surface area contributed by atoms with E-state index in [-0.39, 0.29) is 13.0 Å². The Balaban J connectivity index is 1.85. The highest BCUT2D eigenvalue weighted by molar-refractivity contribution is 5.82. The van der Waals surface area contributed by atoms with Gasteiger partial charge in [-0.3, -0.25) is 4.79 Å². The Kier molecular flexibility index (Phi) is 36.3. The van der Waals surface area contributed by atoms with E-state index in [2.05, 4.69) is 32.1 Å². The maximum Gasteiger partial charge on any atom is 0.331 e. The fourth-order valence-corrected chi connectivity index (χ4v) is 8.05. The molecule has 0 bridgehead atoms. The standard InChI is InChI=1S/C53H92O15/c1-3-5-7-9-11-13-15-17-19-20-22-23-25-27-29-31-33-35-44(55)63-38-41(66-45(56)36-34-32-30-28-26-24-21-18-16-14-12-10-8-6-4-2)39-64-52-51(62)49(60)47(58)43(68-52)40-65-53-50(61)48(59)46(57)42(37-54)67-53/h22-23,27,29-30,32,34,36,41-43,46-54,57-62H,3-21,24-26,28,31,33,35,37-40H2,1-2H3/b23-22+,29-27+,32-30+,36-34+/t41-,42+,43+,46-,47-,48?,49?,50?,51?,52+,53+/m0/s1. The van der Waals surface area contributed by atoms with Crippen molar-refractivity contribution in [2.45, 2.75) is 248 Å². The van der Waals surface area contributed by atoms with E-state index in [4.69, 9.17) is 28.4 Å². The summed E-state index contributed by atoms with van der Waals surface area (Å²) in [5, 5.41) is 72.0. The van der Waals surface area contributed by atoms with Crippen molar-refractivity contribution < 1.29 is 73.8 Å². The molecule has 2 fully saturated rings. The monoisotopic (exact) mass is 969 g/mol. The zero-order valence-corrected chi connectivity index (χ0v) is 41.6. The number of allylic oxidation sites excluding steroid dienone is 7. The van der Waals surface area contributed by atoms with E-state index >= 15 is 0 Å². The van der Waals surface area contributed by atoms with Gasteiger partial charge in [0.25, 0.3) is 0 Å². The van der Waals surface area contributed by atoms with Crippen molar-refractivity contribution in [3.8, 4) is 0 Å². The highest BCUT2D eigenvalue weighted by Gasteiger charge is 2.47. The van der Waals surface area contributed by atoms with Crippen LogP contribution in [-0.2, 0) is 38.0 Å². The summed E-state index contributed by atoms with van der Waals surface area (Å²) in [5.41, 5.74) is 0. The van der Waals surface area contributed by atoms with Crippen LogP contribution in [0.3, 0.4) is 0 Å². The van der Waals surface area contributed by atoms with Gasteiger partial charge in [0.15, 0.2) is 18.7 Å². The van der Waals surface area contributed by atoms with Crippen LogP contribution in [-0.4, -0.2) is 142 Å². The van der Waals surface area contributed by atoms with Crippen LogP contribution in [0.25, 0.3) is 0 Å². The quantitative estimate of drug-likeness (QED) is 0.0104. The first-order valence-electron chi connectivity index (χ1n) is 26.3. The number of aliphatic hydroxyl groups excluding tert-OH is 7. The number of carbonyl (C=O) groups is 2. The van der Waals surface area contributed by atoms with Gasteiger partial charge >= 0.3 is 11.9 Å². The van der Waals surface area contributed by atoms with Crippen molar-refractivity contribution in [3.05, 3.63) is 48.6 Å². The summed E-state index contributed by atoms with van der Waals surface area (Å²) in [7, 11) is 0. The van der Waals surface area contributed by atoms with Gasteiger partial charge in [-0.05, 0) is 44.9 Å². The zero-order valence-electron chi connectivity index (χ0n) is 41.6. The number of aliphatic hydroxyl groups is 7. The maximum absolute atomic E-state index is 12.9. The minimum Gasteiger partial charge on any atom is -0.462 e. The highest BCUT2D eigenvalue weighted by Crippen LogP contribution is 2.26. The van der Waals surface area contributed by atoms with E-state index in [1.807, 2.05) is 12.2 Å².